The first-order chi connectivity index (χ1) is 16.1. The molecule has 0 spiro atoms. The van der Waals surface area contributed by atoms with E-state index in [0.717, 1.165) is 36.9 Å². The Labute approximate surface area is 194 Å². The van der Waals surface area contributed by atoms with Crippen LogP contribution in [-0.4, -0.2) is 44.2 Å². The molecular weight excluding hydrogens is 416 g/mol. The average molecular weight is 449 g/mol. The van der Waals surface area contributed by atoms with E-state index in [-0.39, 0.29) is 42.0 Å². The van der Waals surface area contributed by atoms with Crippen LogP contribution in [0.2, 0.25) is 0 Å². The van der Waals surface area contributed by atoms with Gasteiger partial charge in [-0.15, -0.1) is 0 Å². The molecule has 4 atom stereocenters. The van der Waals surface area contributed by atoms with Crippen LogP contribution in [0.4, 0.5) is 0 Å². The Hall–Kier alpha value is -2.77. The van der Waals surface area contributed by atoms with Crippen LogP contribution in [0.25, 0.3) is 6.08 Å². The van der Waals surface area contributed by atoms with Crippen LogP contribution in [0.3, 0.4) is 0 Å². The Morgan fingerprint density at radius 1 is 1.27 bits per heavy atom. The number of aromatic nitrogens is 2. The summed E-state index contributed by atoms with van der Waals surface area (Å²) >= 11 is 0. The highest BCUT2D eigenvalue weighted by molar-refractivity contribution is 5.83. The van der Waals surface area contributed by atoms with E-state index in [1.54, 1.807) is 6.20 Å². The summed E-state index contributed by atoms with van der Waals surface area (Å²) in [6.45, 7) is 2.88. The Kier molecular flexibility index (Phi) is 6.17. The lowest BCUT2D eigenvalue weighted by molar-refractivity contribution is -0.128. The van der Waals surface area contributed by atoms with Gasteiger partial charge in [-0.1, -0.05) is 31.1 Å². The van der Waals surface area contributed by atoms with Crippen molar-refractivity contribution in [3.63, 3.8) is 0 Å². The second-order valence-electron chi connectivity index (χ2n) is 9.55. The van der Waals surface area contributed by atoms with E-state index in [4.69, 9.17) is 0 Å². The smallest absolute Gasteiger partial charge is 0.258 e. The number of hydrogen-bond acceptors (Lipinski definition) is 5. The zero-order chi connectivity index (χ0) is 22.9. The number of nitrogens with zero attached hydrogens (tertiary/aromatic N) is 3. The lowest BCUT2D eigenvalue weighted by Gasteiger charge is -2.31. The Balaban J connectivity index is 1.54. The van der Waals surface area contributed by atoms with Gasteiger partial charge in [0.2, 0.25) is 5.91 Å². The zero-order valence-electron chi connectivity index (χ0n) is 19.1. The summed E-state index contributed by atoms with van der Waals surface area (Å²) in [4.78, 5) is 33.1. The molecule has 7 nitrogen and oxygen atoms in total. The lowest BCUT2D eigenvalue weighted by Crippen LogP contribution is -2.50. The number of likely N-dealkylation sites (tertiary alicyclic amines) is 1. The van der Waals surface area contributed by atoms with Gasteiger partial charge in [0.15, 0.2) is 0 Å². The first-order valence-electron chi connectivity index (χ1n) is 12.0. The molecule has 174 valence electrons. The van der Waals surface area contributed by atoms with Crippen molar-refractivity contribution < 1.29 is 9.90 Å². The number of nitrogens with one attached hydrogen (secondary N) is 1. The summed E-state index contributed by atoms with van der Waals surface area (Å²) in [6.07, 6.45) is 11.6. The predicted molar refractivity (Wildman–Crippen MR) is 126 cm³/mol. The van der Waals surface area contributed by atoms with Gasteiger partial charge in [0, 0.05) is 61.2 Å². The van der Waals surface area contributed by atoms with Gasteiger partial charge in [0.05, 0.1) is 12.1 Å². The maximum absolute atomic E-state index is 13.6. The van der Waals surface area contributed by atoms with E-state index < -0.39 is 6.04 Å². The molecule has 2 fully saturated rings. The van der Waals surface area contributed by atoms with Crippen LogP contribution >= 0.6 is 0 Å². The van der Waals surface area contributed by atoms with Crippen molar-refractivity contribution in [2.24, 2.45) is 11.8 Å². The molecule has 3 aliphatic rings. The molecule has 2 aliphatic heterocycles. The van der Waals surface area contributed by atoms with Crippen molar-refractivity contribution in [3.8, 4) is 0 Å². The molecule has 0 bridgehead atoms. The molecule has 4 heterocycles. The van der Waals surface area contributed by atoms with E-state index in [1.807, 2.05) is 54.1 Å². The van der Waals surface area contributed by atoms with Crippen LogP contribution in [0.1, 0.15) is 55.5 Å². The molecule has 5 rings (SSSR count). The topological polar surface area (TPSA) is 87.5 Å². The van der Waals surface area contributed by atoms with Gasteiger partial charge in [0.25, 0.3) is 5.56 Å². The van der Waals surface area contributed by atoms with Gasteiger partial charge < -0.3 is 15.0 Å². The quantitative estimate of drug-likeness (QED) is 0.709. The van der Waals surface area contributed by atoms with Crippen molar-refractivity contribution >= 4 is 12.0 Å². The number of amides is 1. The number of pyridine rings is 2. The minimum atomic E-state index is -0.440. The number of carbonyl (C=O) groups excluding carboxylic acids is 1. The molecule has 7 heteroatoms. The summed E-state index contributed by atoms with van der Waals surface area (Å²) in [6, 6.07) is 7.48. The van der Waals surface area contributed by atoms with Gasteiger partial charge in [-0.2, -0.15) is 0 Å². The zero-order valence-corrected chi connectivity index (χ0v) is 19.1. The Morgan fingerprint density at radius 2 is 2.09 bits per heavy atom. The maximum atomic E-state index is 13.6. The van der Waals surface area contributed by atoms with Gasteiger partial charge in [-0.25, -0.2) is 0 Å². The summed E-state index contributed by atoms with van der Waals surface area (Å²) in [5.74, 6) is -0.240. The molecule has 1 amide bonds. The molecule has 2 aromatic heterocycles. The van der Waals surface area contributed by atoms with E-state index >= 15 is 0 Å². The van der Waals surface area contributed by atoms with Crippen molar-refractivity contribution in [2.75, 3.05) is 6.61 Å². The van der Waals surface area contributed by atoms with Crippen molar-refractivity contribution in [1.82, 2.24) is 19.8 Å². The monoisotopic (exact) mass is 448 g/mol. The van der Waals surface area contributed by atoms with Gasteiger partial charge in [0.1, 0.15) is 0 Å². The third-order valence-corrected chi connectivity index (χ3v) is 7.62. The van der Waals surface area contributed by atoms with E-state index in [2.05, 4.69) is 15.2 Å². The number of hydrogen-bond donors (Lipinski definition) is 2. The van der Waals surface area contributed by atoms with Crippen LogP contribution in [0, 0.1) is 11.8 Å². The summed E-state index contributed by atoms with van der Waals surface area (Å²) in [5.41, 5.74) is 2.60. The van der Waals surface area contributed by atoms with Crippen LogP contribution < -0.4 is 10.9 Å². The number of rotatable bonds is 6. The Bertz CT molecular complexity index is 1090. The summed E-state index contributed by atoms with van der Waals surface area (Å²) in [7, 11) is 0. The van der Waals surface area contributed by atoms with Crippen molar-refractivity contribution in [3.05, 3.63) is 69.9 Å². The number of allylic oxidation sites excluding steroid dienone is 1. The normalized spacial score (nSPS) is 27.2. The van der Waals surface area contributed by atoms with Crippen LogP contribution in [-0.2, 0) is 17.9 Å². The molecule has 33 heavy (non-hydrogen) atoms. The molecule has 0 aromatic carbocycles. The standard InChI is InChI=1S/C26H32N4O3/c1-2-6-18-10-11-22-23-20(15-29(22)26(18)33)21(16-31)24(25(32)28-19-8-3-4-9-19)30(23)14-17-7-5-12-27-13-17/h2,5-7,10-13,19-21,23-24,31H,3-4,8-9,14-16H2,1H3,(H,28,32)/b6-2+/t20-,21-,23+,24-/m1/s1. The van der Waals surface area contributed by atoms with Crippen molar-refractivity contribution in [1.29, 1.82) is 0 Å². The summed E-state index contributed by atoms with van der Waals surface area (Å²) in [5, 5.41) is 13.7. The lowest BCUT2D eigenvalue weighted by atomic mass is 9.88. The second-order valence-corrected chi connectivity index (χ2v) is 9.55. The summed E-state index contributed by atoms with van der Waals surface area (Å²) < 4.78 is 1.84. The minimum absolute atomic E-state index is 0.000411. The van der Waals surface area contributed by atoms with E-state index in [1.165, 1.54) is 0 Å². The fourth-order valence-electron chi connectivity index (χ4n) is 6.17. The largest absolute Gasteiger partial charge is 0.396 e. The first kappa shape index (κ1) is 22.0. The fraction of sp³-hybridized carbons (Fsp3) is 0.500. The highest BCUT2D eigenvalue weighted by Gasteiger charge is 2.55. The van der Waals surface area contributed by atoms with Crippen LogP contribution in [0.15, 0.2) is 47.5 Å². The predicted octanol–water partition coefficient (Wildman–Crippen LogP) is 2.50. The molecule has 0 radical (unpaired) electrons. The number of aliphatic hydroxyl groups is 1. The maximum Gasteiger partial charge on any atom is 0.258 e. The molecule has 0 unspecified atom stereocenters. The first-order valence-corrected chi connectivity index (χ1v) is 12.0. The van der Waals surface area contributed by atoms with E-state index in [0.29, 0.717) is 18.7 Å². The van der Waals surface area contributed by atoms with Gasteiger partial charge in [-0.3, -0.25) is 19.5 Å². The third-order valence-electron chi connectivity index (χ3n) is 7.62. The molecule has 2 N–H and O–H groups in total. The molecule has 1 saturated carbocycles. The van der Waals surface area contributed by atoms with Gasteiger partial charge >= 0.3 is 0 Å². The SMILES string of the molecule is C/C=C/c1ccc2n(c1=O)C[C@@H]1[C@@H](CO)[C@H](C(=O)NC3CCCC3)N(Cc3cccnc3)[C@H]21. The van der Waals surface area contributed by atoms with Crippen LogP contribution in [0.5, 0.6) is 0 Å². The number of fused-ring (bicyclic) bond motifs is 3. The second kappa shape index (κ2) is 9.23. The van der Waals surface area contributed by atoms with E-state index in [9.17, 15) is 14.7 Å². The molecular formula is C26H32N4O3. The number of carbonyl (C=O) groups is 1. The fourth-order valence-corrected chi connectivity index (χ4v) is 6.17. The third kappa shape index (κ3) is 3.93. The number of aliphatic hydroxyl groups excluding tert-OH is 1. The molecule has 1 aliphatic carbocycles. The minimum Gasteiger partial charge on any atom is -0.396 e. The highest BCUT2D eigenvalue weighted by Crippen LogP contribution is 2.49. The molecule has 2 aromatic rings. The Morgan fingerprint density at radius 3 is 2.79 bits per heavy atom. The molecule has 1 saturated heterocycles. The van der Waals surface area contributed by atoms with Gasteiger partial charge in [-0.05, 0) is 43.5 Å². The highest BCUT2D eigenvalue weighted by atomic mass is 16.3. The van der Waals surface area contributed by atoms with Crippen molar-refractivity contribution in [2.45, 2.75) is 63.8 Å². The average Bonchev–Trinajstić information content (AvgIpc) is 3.53.